The van der Waals surface area contributed by atoms with Crippen LogP contribution in [-0.4, -0.2) is 26.6 Å². The molecule has 1 amide bonds. The van der Waals surface area contributed by atoms with Crippen molar-refractivity contribution >= 4 is 34.2 Å². The summed E-state index contributed by atoms with van der Waals surface area (Å²) >= 11 is 6.97. The number of amides is 1. The van der Waals surface area contributed by atoms with Crippen LogP contribution in [0.1, 0.15) is 32.5 Å². The van der Waals surface area contributed by atoms with Crippen LogP contribution in [0.2, 0.25) is 0 Å². The predicted molar refractivity (Wildman–Crippen MR) is 68.5 cm³/mol. The second-order valence-electron chi connectivity index (χ2n) is 5.01. The van der Waals surface area contributed by atoms with Gasteiger partial charge in [-0.3, -0.25) is 9.69 Å². The minimum absolute atomic E-state index is 0.0503. The Morgan fingerprint density at radius 1 is 1.56 bits per heavy atom. The van der Waals surface area contributed by atoms with E-state index >= 15 is 0 Å². The molecule has 0 aromatic carbocycles. The standard InChI is InChI=1S/C11H12ClN3O2S/c1-5-6(12)8(17)15(7(5)16)10-13-9(14-18-10)11(2)3-4-11/h7,16H,3-4H2,1-2H3. The van der Waals surface area contributed by atoms with E-state index in [0.29, 0.717) is 10.7 Å². The molecule has 1 aromatic heterocycles. The van der Waals surface area contributed by atoms with Crippen LogP contribution in [0.15, 0.2) is 10.6 Å². The van der Waals surface area contributed by atoms with Crippen LogP contribution in [0.5, 0.6) is 0 Å². The van der Waals surface area contributed by atoms with E-state index in [-0.39, 0.29) is 10.4 Å². The summed E-state index contributed by atoms with van der Waals surface area (Å²) in [5.41, 5.74) is 0.505. The molecule has 1 saturated carbocycles. The minimum Gasteiger partial charge on any atom is -0.369 e. The smallest absolute Gasteiger partial charge is 0.274 e. The summed E-state index contributed by atoms with van der Waals surface area (Å²) in [6.45, 7) is 3.73. The molecule has 18 heavy (non-hydrogen) atoms. The number of aliphatic hydroxyl groups excluding tert-OH is 1. The van der Waals surface area contributed by atoms with E-state index in [4.69, 9.17) is 11.6 Å². The summed E-state index contributed by atoms with van der Waals surface area (Å²) in [5, 5.41) is 10.5. The fourth-order valence-corrected chi connectivity index (χ4v) is 2.87. The number of hydrogen-bond acceptors (Lipinski definition) is 5. The Balaban J connectivity index is 1.93. The lowest BCUT2D eigenvalue weighted by molar-refractivity contribution is -0.115. The summed E-state index contributed by atoms with van der Waals surface area (Å²) in [6, 6.07) is 0. The maximum Gasteiger partial charge on any atom is 0.274 e. The molecule has 1 aliphatic carbocycles. The molecule has 2 aliphatic rings. The lowest BCUT2D eigenvalue weighted by Crippen LogP contribution is -2.35. The number of hydrogen-bond donors (Lipinski definition) is 1. The maximum atomic E-state index is 11.9. The quantitative estimate of drug-likeness (QED) is 0.899. The van der Waals surface area contributed by atoms with Crippen molar-refractivity contribution in [2.45, 2.75) is 38.3 Å². The summed E-state index contributed by atoms with van der Waals surface area (Å²) in [6.07, 6.45) is 1.10. The van der Waals surface area contributed by atoms with Crippen LogP contribution in [0.3, 0.4) is 0 Å². The van der Waals surface area contributed by atoms with Crippen LogP contribution in [0, 0.1) is 0 Å². The second-order valence-corrected chi connectivity index (χ2v) is 6.12. The third-order valence-corrected chi connectivity index (χ3v) is 4.72. The number of anilines is 1. The first-order chi connectivity index (χ1) is 8.44. The van der Waals surface area contributed by atoms with Gasteiger partial charge < -0.3 is 5.11 Å². The Labute approximate surface area is 113 Å². The van der Waals surface area contributed by atoms with Gasteiger partial charge >= 0.3 is 0 Å². The van der Waals surface area contributed by atoms with E-state index in [1.165, 1.54) is 4.90 Å². The van der Waals surface area contributed by atoms with Crippen molar-refractivity contribution in [2.24, 2.45) is 0 Å². The van der Waals surface area contributed by atoms with Crippen molar-refractivity contribution in [3.63, 3.8) is 0 Å². The number of nitrogens with zero attached hydrogens (tertiary/aromatic N) is 3. The van der Waals surface area contributed by atoms with Crippen molar-refractivity contribution in [2.75, 3.05) is 4.90 Å². The molecule has 1 aromatic rings. The van der Waals surface area contributed by atoms with Crippen LogP contribution < -0.4 is 4.90 Å². The molecule has 0 saturated heterocycles. The lowest BCUT2D eigenvalue weighted by atomic mass is 10.1. The van der Waals surface area contributed by atoms with E-state index in [9.17, 15) is 9.90 Å². The molecule has 7 heteroatoms. The monoisotopic (exact) mass is 285 g/mol. The van der Waals surface area contributed by atoms with E-state index in [0.717, 1.165) is 30.2 Å². The van der Waals surface area contributed by atoms with Crippen molar-refractivity contribution in [3.05, 3.63) is 16.4 Å². The summed E-state index contributed by atoms with van der Waals surface area (Å²) in [4.78, 5) is 17.5. The first-order valence-electron chi connectivity index (χ1n) is 5.66. The first-order valence-corrected chi connectivity index (χ1v) is 6.81. The van der Waals surface area contributed by atoms with E-state index in [2.05, 4.69) is 16.3 Å². The average molecular weight is 286 g/mol. The number of aliphatic hydroxyl groups is 1. The van der Waals surface area contributed by atoms with Crippen molar-refractivity contribution in [1.29, 1.82) is 0 Å². The highest BCUT2D eigenvalue weighted by Crippen LogP contribution is 2.47. The van der Waals surface area contributed by atoms with Gasteiger partial charge in [-0.1, -0.05) is 18.5 Å². The second kappa shape index (κ2) is 3.76. The van der Waals surface area contributed by atoms with Gasteiger partial charge in [-0.25, -0.2) is 4.98 Å². The normalized spacial score (nSPS) is 26.1. The summed E-state index contributed by atoms with van der Waals surface area (Å²) in [7, 11) is 0. The Bertz CT molecular complexity index is 564. The molecular formula is C11H12ClN3O2S. The van der Waals surface area contributed by atoms with E-state index < -0.39 is 12.1 Å². The van der Waals surface area contributed by atoms with Crippen LogP contribution in [-0.2, 0) is 10.2 Å². The molecule has 1 atom stereocenters. The fraction of sp³-hybridized carbons (Fsp3) is 0.545. The van der Waals surface area contributed by atoms with Gasteiger partial charge in [-0.2, -0.15) is 4.37 Å². The molecule has 3 rings (SSSR count). The van der Waals surface area contributed by atoms with Gasteiger partial charge in [0.05, 0.1) is 0 Å². The average Bonchev–Trinajstić information content (AvgIpc) is 2.85. The molecule has 1 unspecified atom stereocenters. The molecule has 5 nitrogen and oxygen atoms in total. The number of carbonyl (C=O) groups excluding carboxylic acids is 1. The van der Waals surface area contributed by atoms with Gasteiger partial charge in [-0.05, 0) is 19.8 Å². The Morgan fingerprint density at radius 2 is 2.22 bits per heavy atom. The zero-order chi connectivity index (χ0) is 13.1. The van der Waals surface area contributed by atoms with Crippen LogP contribution in [0.25, 0.3) is 0 Å². The van der Waals surface area contributed by atoms with Crippen molar-refractivity contribution < 1.29 is 9.90 Å². The van der Waals surface area contributed by atoms with Gasteiger partial charge in [0.25, 0.3) is 5.91 Å². The Hall–Kier alpha value is -0.980. The molecule has 1 aliphatic heterocycles. The van der Waals surface area contributed by atoms with E-state index in [1.54, 1.807) is 6.92 Å². The SMILES string of the molecule is CC1=C(Cl)C(=O)N(c2nc(C3(C)CC3)ns2)C1O. The third kappa shape index (κ3) is 1.60. The van der Waals surface area contributed by atoms with Gasteiger partial charge in [-0.15, -0.1) is 0 Å². The highest BCUT2D eigenvalue weighted by Gasteiger charge is 2.44. The molecular weight excluding hydrogens is 274 g/mol. The van der Waals surface area contributed by atoms with Gasteiger partial charge in [0, 0.05) is 22.5 Å². The highest BCUT2D eigenvalue weighted by molar-refractivity contribution is 7.10. The number of aromatic nitrogens is 2. The van der Waals surface area contributed by atoms with Crippen molar-refractivity contribution in [3.8, 4) is 0 Å². The third-order valence-electron chi connectivity index (χ3n) is 3.55. The molecule has 1 N–H and O–H groups in total. The molecule has 0 bridgehead atoms. The number of carbonyl (C=O) groups is 1. The Morgan fingerprint density at radius 3 is 2.72 bits per heavy atom. The summed E-state index contributed by atoms with van der Waals surface area (Å²) < 4.78 is 4.28. The van der Waals surface area contributed by atoms with Gasteiger partial charge in [0.15, 0.2) is 12.1 Å². The lowest BCUT2D eigenvalue weighted by Gasteiger charge is -2.17. The fourth-order valence-electron chi connectivity index (χ4n) is 1.85. The molecule has 96 valence electrons. The molecule has 0 radical (unpaired) electrons. The number of rotatable bonds is 2. The van der Waals surface area contributed by atoms with Crippen LogP contribution >= 0.6 is 23.1 Å². The zero-order valence-corrected chi connectivity index (χ0v) is 11.5. The molecule has 2 heterocycles. The molecule has 1 fully saturated rings. The van der Waals surface area contributed by atoms with Crippen LogP contribution in [0.4, 0.5) is 5.13 Å². The topological polar surface area (TPSA) is 66.3 Å². The predicted octanol–water partition coefficient (Wildman–Crippen LogP) is 1.77. The van der Waals surface area contributed by atoms with Gasteiger partial charge in [0.1, 0.15) is 5.03 Å². The highest BCUT2D eigenvalue weighted by atomic mass is 35.5. The van der Waals surface area contributed by atoms with E-state index in [1.807, 2.05) is 0 Å². The Kier molecular flexibility index (Phi) is 2.52. The first kappa shape index (κ1) is 12.1. The largest absolute Gasteiger partial charge is 0.369 e. The zero-order valence-electron chi connectivity index (χ0n) is 9.97. The number of halogens is 1. The van der Waals surface area contributed by atoms with Crippen molar-refractivity contribution in [1.82, 2.24) is 9.36 Å². The maximum absolute atomic E-state index is 11.9. The van der Waals surface area contributed by atoms with Gasteiger partial charge in [0.2, 0.25) is 5.13 Å². The molecule has 0 spiro atoms. The minimum atomic E-state index is -1.03. The summed E-state index contributed by atoms with van der Waals surface area (Å²) in [5.74, 6) is 0.341.